The Balaban J connectivity index is 1.84. The summed E-state index contributed by atoms with van der Waals surface area (Å²) in [6, 6.07) is 17.9. The third kappa shape index (κ3) is 3.71. The molecule has 0 amide bonds. The number of rotatable bonds is 4. The number of benzene rings is 2. The Hall–Kier alpha value is -4.18. The largest absolute Gasteiger partial charge is 0.374 e. The second-order valence-electron chi connectivity index (χ2n) is 8.38. The molecule has 0 radical (unpaired) electrons. The lowest BCUT2D eigenvalue weighted by Gasteiger charge is -2.30. The molecule has 0 saturated heterocycles. The van der Waals surface area contributed by atoms with Crippen LogP contribution >= 0.6 is 11.6 Å². The van der Waals surface area contributed by atoms with Crippen molar-refractivity contribution < 1.29 is 5.11 Å². The summed E-state index contributed by atoms with van der Waals surface area (Å²) in [5.41, 5.74) is 2.56. The van der Waals surface area contributed by atoms with Crippen LogP contribution in [0.2, 0.25) is 5.02 Å². The monoisotopic (exact) mass is 480 g/mol. The predicted octanol–water partition coefficient (Wildman–Crippen LogP) is 4.25. The van der Waals surface area contributed by atoms with E-state index in [4.69, 9.17) is 18.0 Å². The SMILES string of the molecule is C#Cc1cccc(-c2cc(=O)n(C)c3ncc([C@](O)(c4ccc(Cl)cc4)c4cncn4C)cc23)c1. The van der Waals surface area contributed by atoms with Gasteiger partial charge in [-0.05, 0) is 47.0 Å². The van der Waals surface area contributed by atoms with Gasteiger partial charge in [0, 0.05) is 47.9 Å². The average molecular weight is 481 g/mol. The molecular weight excluding hydrogens is 460 g/mol. The van der Waals surface area contributed by atoms with Gasteiger partial charge in [-0.25, -0.2) is 9.97 Å². The molecule has 1 atom stereocenters. The molecule has 172 valence electrons. The van der Waals surface area contributed by atoms with Crippen molar-refractivity contribution >= 4 is 22.6 Å². The average Bonchev–Trinajstić information content (AvgIpc) is 3.32. The van der Waals surface area contributed by atoms with Crippen molar-refractivity contribution in [2.24, 2.45) is 14.1 Å². The van der Waals surface area contributed by atoms with E-state index >= 15 is 0 Å². The fourth-order valence-corrected chi connectivity index (χ4v) is 4.52. The van der Waals surface area contributed by atoms with Gasteiger partial charge in [0.25, 0.3) is 5.56 Å². The predicted molar refractivity (Wildman–Crippen MR) is 137 cm³/mol. The van der Waals surface area contributed by atoms with Gasteiger partial charge >= 0.3 is 0 Å². The Morgan fingerprint density at radius 1 is 1.03 bits per heavy atom. The van der Waals surface area contributed by atoms with Crippen molar-refractivity contribution in [3.8, 4) is 23.5 Å². The van der Waals surface area contributed by atoms with Crippen LogP contribution in [0.15, 0.2) is 84.2 Å². The Morgan fingerprint density at radius 3 is 2.49 bits per heavy atom. The van der Waals surface area contributed by atoms with Gasteiger partial charge in [-0.15, -0.1) is 6.42 Å². The van der Waals surface area contributed by atoms with Crippen molar-refractivity contribution in [2.75, 3.05) is 0 Å². The first-order valence-corrected chi connectivity index (χ1v) is 11.2. The summed E-state index contributed by atoms with van der Waals surface area (Å²) < 4.78 is 3.25. The molecule has 6 nitrogen and oxygen atoms in total. The van der Waals surface area contributed by atoms with Crippen LogP contribution in [0.25, 0.3) is 22.2 Å². The number of terminal acetylenes is 1. The third-order valence-corrected chi connectivity index (χ3v) is 6.53. The molecule has 1 N–H and O–H groups in total. The van der Waals surface area contributed by atoms with Crippen LogP contribution in [0.4, 0.5) is 0 Å². The number of hydrogen-bond acceptors (Lipinski definition) is 4. The highest BCUT2D eigenvalue weighted by Crippen LogP contribution is 2.38. The van der Waals surface area contributed by atoms with Crippen LogP contribution in [0.3, 0.4) is 0 Å². The number of aromatic nitrogens is 4. The van der Waals surface area contributed by atoms with E-state index in [2.05, 4.69) is 15.9 Å². The van der Waals surface area contributed by atoms with E-state index in [1.54, 1.807) is 60.7 Å². The summed E-state index contributed by atoms with van der Waals surface area (Å²) in [5, 5.41) is 13.5. The molecule has 3 heterocycles. The molecule has 0 saturated carbocycles. The van der Waals surface area contributed by atoms with Gasteiger partial charge in [0.1, 0.15) is 5.65 Å². The summed E-state index contributed by atoms with van der Waals surface area (Å²) in [5.74, 6) is 2.64. The Kier molecular flexibility index (Phi) is 5.52. The highest BCUT2D eigenvalue weighted by molar-refractivity contribution is 6.30. The number of imidazole rings is 1. The fraction of sp³-hybridized carbons (Fsp3) is 0.107. The van der Waals surface area contributed by atoms with E-state index in [9.17, 15) is 9.90 Å². The molecule has 0 unspecified atom stereocenters. The van der Waals surface area contributed by atoms with Gasteiger partial charge in [0.2, 0.25) is 0 Å². The van der Waals surface area contributed by atoms with E-state index in [-0.39, 0.29) is 5.56 Å². The lowest BCUT2D eigenvalue weighted by atomic mass is 9.83. The molecule has 5 rings (SSSR count). The van der Waals surface area contributed by atoms with Crippen LogP contribution < -0.4 is 5.56 Å². The second kappa shape index (κ2) is 8.55. The highest BCUT2D eigenvalue weighted by atomic mass is 35.5. The molecule has 0 bridgehead atoms. The van der Waals surface area contributed by atoms with E-state index in [1.165, 1.54) is 4.57 Å². The molecule has 0 spiro atoms. The second-order valence-corrected chi connectivity index (χ2v) is 8.82. The first-order chi connectivity index (χ1) is 16.8. The van der Waals surface area contributed by atoms with Crippen LogP contribution in [-0.4, -0.2) is 24.2 Å². The minimum absolute atomic E-state index is 0.196. The minimum atomic E-state index is -1.58. The van der Waals surface area contributed by atoms with Gasteiger partial charge in [0.05, 0.1) is 18.2 Å². The van der Waals surface area contributed by atoms with Gasteiger partial charge in [0.15, 0.2) is 5.60 Å². The van der Waals surface area contributed by atoms with E-state index in [0.29, 0.717) is 44.0 Å². The maximum Gasteiger partial charge on any atom is 0.252 e. The van der Waals surface area contributed by atoms with Crippen LogP contribution in [0.1, 0.15) is 22.4 Å². The molecule has 0 aliphatic rings. The maximum atomic E-state index is 12.8. The quantitative estimate of drug-likeness (QED) is 0.390. The van der Waals surface area contributed by atoms with Crippen molar-refractivity contribution in [1.29, 1.82) is 0 Å². The zero-order chi connectivity index (χ0) is 24.7. The first-order valence-electron chi connectivity index (χ1n) is 10.9. The summed E-state index contributed by atoms with van der Waals surface area (Å²) in [4.78, 5) is 21.6. The Morgan fingerprint density at radius 2 is 1.80 bits per heavy atom. The number of nitrogens with zero attached hydrogens (tertiary/aromatic N) is 4. The molecule has 0 aliphatic heterocycles. The van der Waals surface area contributed by atoms with Crippen LogP contribution in [0, 0.1) is 12.3 Å². The lowest BCUT2D eigenvalue weighted by molar-refractivity contribution is 0.117. The smallest absolute Gasteiger partial charge is 0.252 e. The van der Waals surface area contributed by atoms with Crippen molar-refractivity contribution in [2.45, 2.75) is 5.60 Å². The zero-order valence-corrected chi connectivity index (χ0v) is 19.9. The Bertz CT molecular complexity index is 1680. The Labute approximate surface area is 207 Å². The number of hydrogen-bond donors (Lipinski definition) is 1. The topological polar surface area (TPSA) is 72.9 Å². The zero-order valence-electron chi connectivity index (χ0n) is 19.1. The summed E-state index contributed by atoms with van der Waals surface area (Å²) in [6.45, 7) is 0. The van der Waals surface area contributed by atoms with E-state index < -0.39 is 5.60 Å². The molecule has 2 aromatic carbocycles. The number of aryl methyl sites for hydroxylation is 2. The van der Waals surface area contributed by atoms with E-state index in [0.717, 1.165) is 5.56 Å². The van der Waals surface area contributed by atoms with Crippen LogP contribution in [-0.2, 0) is 19.7 Å². The third-order valence-electron chi connectivity index (χ3n) is 6.28. The molecule has 0 aliphatic carbocycles. The molecule has 0 fully saturated rings. The van der Waals surface area contributed by atoms with Gasteiger partial charge in [-0.1, -0.05) is 41.8 Å². The first kappa shape index (κ1) is 22.6. The minimum Gasteiger partial charge on any atom is -0.374 e. The summed E-state index contributed by atoms with van der Waals surface area (Å²) in [7, 11) is 3.49. The molecule has 7 heteroatoms. The summed E-state index contributed by atoms with van der Waals surface area (Å²) in [6.07, 6.45) is 10.4. The molecule has 3 aromatic heterocycles. The number of pyridine rings is 2. The number of fused-ring (bicyclic) bond motifs is 1. The van der Waals surface area contributed by atoms with Gasteiger partial charge < -0.3 is 9.67 Å². The number of aliphatic hydroxyl groups is 1. The van der Waals surface area contributed by atoms with Crippen molar-refractivity contribution in [3.05, 3.63) is 117 Å². The van der Waals surface area contributed by atoms with Crippen LogP contribution in [0.5, 0.6) is 0 Å². The van der Waals surface area contributed by atoms with E-state index in [1.807, 2.05) is 37.4 Å². The maximum absolute atomic E-state index is 12.8. The normalized spacial score (nSPS) is 12.9. The molecule has 35 heavy (non-hydrogen) atoms. The number of halogens is 1. The standard InChI is InChI=1S/C28H21ClN4O2/c1-4-18-6-5-7-19(12-18)23-14-26(34)33(3)27-24(23)13-21(15-31-27)28(35,25-16-30-17-32(25)2)20-8-10-22(29)11-9-20/h1,5-17,35H,2-3H3/t28-/m1/s1. The summed E-state index contributed by atoms with van der Waals surface area (Å²) >= 11 is 6.13. The van der Waals surface area contributed by atoms with Gasteiger partial charge in [-0.2, -0.15) is 0 Å². The lowest BCUT2D eigenvalue weighted by Crippen LogP contribution is -2.31. The van der Waals surface area contributed by atoms with Gasteiger partial charge in [-0.3, -0.25) is 9.36 Å². The highest BCUT2D eigenvalue weighted by Gasteiger charge is 2.37. The molecular formula is C28H21ClN4O2. The van der Waals surface area contributed by atoms with Crippen molar-refractivity contribution in [1.82, 2.24) is 19.1 Å². The van der Waals surface area contributed by atoms with Crippen molar-refractivity contribution in [3.63, 3.8) is 0 Å². The fourth-order valence-electron chi connectivity index (χ4n) is 4.40. The molecule has 5 aromatic rings.